The maximum Gasteiger partial charge on any atom is 0.174 e. The number of rotatable bonds is 4. The minimum absolute atomic E-state index is 0.0101. The molecule has 2 aliphatic rings. The Labute approximate surface area is 225 Å². The molecule has 0 unspecified atom stereocenters. The van der Waals surface area contributed by atoms with Gasteiger partial charge in [-0.05, 0) is 93.2 Å². The number of halogens is 1. The zero-order valence-electron chi connectivity index (χ0n) is 21.8. The van der Waals surface area contributed by atoms with Gasteiger partial charge in [0, 0.05) is 42.9 Å². The molecule has 1 aromatic carbocycles. The van der Waals surface area contributed by atoms with E-state index in [0.717, 1.165) is 35.2 Å². The molecule has 0 spiro atoms. The number of benzene rings is 1. The van der Waals surface area contributed by atoms with Crippen LogP contribution in [0.25, 0.3) is 0 Å². The van der Waals surface area contributed by atoms with Crippen molar-refractivity contribution in [1.82, 2.24) is 14.9 Å². The second kappa shape index (κ2) is 9.71. The van der Waals surface area contributed by atoms with E-state index in [0.29, 0.717) is 16.9 Å². The third-order valence-electron chi connectivity index (χ3n) is 7.35. The lowest BCUT2D eigenvalue weighted by Gasteiger charge is -2.37. The van der Waals surface area contributed by atoms with Gasteiger partial charge in [0.1, 0.15) is 0 Å². The van der Waals surface area contributed by atoms with E-state index in [-0.39, 0.29) is 17.6 Å². The molecule has 4 atom stereocenters. The predicted molar refractivity (Wildman–Crippen MR) is 154 cm³/mol. The summed E-state index contributed by atoms with van der Waals surface area (Å²) in [6, 6.07) is 14.5. The quantitative estimate of drug-likeness (QED) is 0.376. The zero-order chi connectivity index (χ0) is 25.6. The summed E-state index contributed by atoms with van der Waals surface area (Å²) in [5, 5.41) is 5.01. The Bertz CT molecular complexity index is 1220. The summed E-state index contributed by atoms with van der Waals surface area (Å²) < 4.78 is 2.26. The molecule has 5 rings (SSSR count). The van der Waals surface area contributed by atoms with Crippen LogP contribution in [0.15, 0.2) is 61.1 Å². The third-order valence-corrected chi connectivity index (χ3v) is 7.97. The van der Waals surface area contributed by atoms with E-state index in [4.69, 9.17) is 23.8 Å². The normalized spacial score (nSPS) is 24.8. The minimum Gasteiger partial charge on any atom is -0.370 e. The fourth-order valence-corrected chi connectivity index (χ4v) is 6.38. The molecule has 190 valence electrons. The van der Waals surface area contributed by atoms with Crippen molar-refractivity contribution in [2.24, 2.45) is 11.8 Å². The number of thiocarbonyl (C=S) groups is 1. The van der Waals surface area contributed by atoms with E-state index in [9.17, 15) is 0 Å². The summed E-state index contributed by atoms with van der Waals surface area (Å²) in [5.74, 6) is 1.32. The van der Waals surface area contributed by atoms with Gasteiger partial charge in [0.15, 0.2) is 5.11 Å². The van der Waals surface area contributed by atoms with Crippen LogP contribution in [0.5, 0.6) is 0 Å². The largest absolute Gasteiger partial charge is 0.370 e. The second-order valence-corrected chi connectivity index (χ2v) is 12.3. The van der Waals surface area contributed by atoms with Gasteiger partial charge in [-0.3, -0.25) is 4.98 Å². The Morgan fingerprint density at radius 1 is 1.06 bits per heavy atom. The summed E-state index contributed by atoms with van der Waals surface area (Å²) in [7, 11) is 0. The highest BCUT2D eigenvalue weighted by Crippen LogP contribution is 2.44. The maximum atomic E-state index is 6.95. The fraction of sp³-hybridized carbons (Fsp3) is 0.448. The monoisotopic (exact) mass is 521 g/mol. The van der Waals surface area contributed by atoms with E-state index in [1.54, 1.807) is 0 Å². The smallest absolute Gasteiger partial charge is 0.174 e. The molecule has 4 heterocycles. The Kier molecular flexibility index (Phi) is 6.77. The van der Waals surface area contributed by atoms with E-state index in [2.05, 4.69) is 102 Å². The molecule has 7 heteroatoms. The summed E-state index contributed by atoms with van der Waals surface area (Å²) in [6.45, 7) is 13.4. The molecule has 2 aromatic heterocycles. The number of anilines is 2. The van der Waals surface area contributed by atoms with Crippen molar-refractivity contribution in [2.45, 2.75) is 58.7 Å². The van der Waals surface area contributed by atoms with Crippen LogP contribution in [0.4, 0.5) is 11.4 Å². The number of hydrogen-bond donors (Lipinski definition) is 1. The number of nitrogens with zero attached hydrogens (tertiary/aromatic N) is 4. The van der Waals surface area contributed by atoms with E-state index < -0.39 is 0 Å². The highest BCUT2D eigenvalue weighted by molar-refractivity contribution is 7.80. The van der Waals surface area contributed by atoms with E-state index in [1.165, 1.54) is 12.0 Å². The van der Waals surface area contributed by atoms with Crippen molar-refractivity contribution in [1.29, 1.82) is 0 Å². The molecule has 0 aliphatic carbocycles. The van der Waals surface area contributed by atoms with Crippen LogP contribution in [0, 0.1) is 11.8 Å². The molecule has 2 aliphatic heterocycles. The molecule has 36 heavy (non-hydrogen) atoms. The van der Waals surface area contributed by atoms with Gasteiger partial charge in [-0.2, -0.15) is 0 Å². The molecule has 0 bridgehead atoms. The van der Waals surface area contributed by atoms with Crippen molar-refractivity contribution in [2.75, 3.05) is 22.9 Å². The van der Waals surface area contributed by atoms with Gasteiger partial charge >= 0.3 is 0 Å². The third kappa shape index (κ3) is 4.85. The molecule has 2 fully saturated rings. The van der Waals surface area contributed by atoms with Crippen LogP contribution in [-0.2, 0) is 5.54 Å². The molecule has 1 N–H and O–H groups in total. The zero-order valence-corrected chi connectivity index (χ0v) is 23.4. The van der Waals surface area contributed by atoms with Crippen molar-refractivity contribution in [3.8, 4) is 0 Å². The molecular weight excluding hydrogens is 486 g/mol. The molecule has 2 saturated heterocycles. The molecule has 0 amide bonds. The number of nitrogens with one attached hydrogen (secondary N) is 1. The summed E-state index contributed by atoms with van der Waals surface area (Å²) >= 11 is 12.9. The van der Waals surface area contributed by atoms with Crippen molar-refractivity contribution >= 4 is 40.3 Å². The number of pyridine rings is 1. The standard InChI is InChI=1S/C29H36ClN5S/c1-19-14-20(2)17-33(16-19)25-10-9-22(15-23(25)30)35-27(21-11-13-34(18-21)29(3,4)5)26(32-28(35)36)24-8-6-7-12-31-24/h6-13,15,18-20,26-27H,14,16-17H2,1-5H3,(H,32,36)/t19-,20-,26-,27-/m0/s1. The molecule has 5 nitrogen and oxygen atoms in total. The first-order valence-corrected chi connectivity index (χ1v) is 13.6. The summed E-state index contributed by atoms with van der Waals surface area (Å²) in [4.78, 5) is 9.31. The average molecular weight is 522 g/mol. The van der Waals surface area contributed by atoms with Gasteiger partial charge in [-0.25, -0.2) is 0 Å². The Hall–Kier alpha value is -2.57. The Balaban J connectivity index is 1.53. The lowest BCUT2D eigenvalue weighted by molar-refractivity contribution is 0.357. The first-order valence-electron chi connectivity index (χ1n) is 12.9. The SMILES string of the molecule is C[C@H]1C[C@H](C)CN(c2ccc(N3C(=S)N[C@@H](c4ccccn4)[C@@H]3c3ccn(C(C)(C)C)c3)cc2Cl)C1. The van der Waals surface area contributed by atoms with Gasteiger partial charge in [-0.1, -0.05) is 31.5 Å². The first-order chi connectivity index (χ1) is 17.1. The predicted octanol–water partition coefficient (Wildman–Crippen LogP) is 6.95. The molecule has 0 saturated carbocycles. The first kappa shape index (κ1) is 25.1. The van der Waals surface area contributed by atoms with Gasteiger partial charge in [0.2, 0.25) is 0 Å². The van der Waals surface area contributed by atoms with Crippen LogP contribution in [0.3, 0.4) is 0 Å². The lowest BCUT2D eigenvalue weighted by Crippen LogP contribution is -2.38. The Morgan fingerprint density at radius 2 is 1.81 bits per heavy atom. The van der Waals surface area contributed by atoms with Crippen molar-refractivity contribution in [3.63, 3.8) is 0 Å². The second-order valence-electron chi connectivity index (χ2n) is 11.5. The molecular formula is C29H36ClN5S. The molecule has 0 radical (unpaired) electrons. The summed E-state index contributed by atoms with van der Waals surface area (Å²) in [5.41, 5.74) is 4.24. The average Bonchev–Trinajstić information content (AvgIpc) is 3.43. The highest BCUT2D eigenvalue weighted by Gasteiger charge is 2.41. The van der Waals surface area contributed by atoms with Gasteiger partial charge in [0.25, 0.3) is 0 Å². The van der Waals surface area contributed by atoms with Gasteiger partial charge in [0.05, 0.1) is 28.5 Å². The number of piperidine rings is 1. The van der Waals surface area contributed by atoms with E-state index >= 15 is 0 Å². The lowest BCUT2D eigenvalue weighted by atomic mass is 9.91. The maximum absolute atomic E-state index is 6.95. The summed E-state index contributed by atoms with van der Waals surface area (Å²) in [6.07, 6.45) is 7.49. The Morgan fingerprint density at radius 3 is 2.42 bits per heavy atom. The van der Waals surface area contributed by atoms with Crippen molar-refractivity contribution in [3.05, 3.63) is 77.3 Å². The van der Waals surface area contributed by atoms with Crippen LogP contribution < -0.4 is 15.1 Å². The topological polar surface area (TPSA) is 36.3 Å². The number of aromatic nitrogens is 2. The highest BCUT2D eigenvalue weighted by atomic mass is 35.5. The van der Waals surface area contributed by atoms with Crippen LogP contribution in [0.1, 0.15) is 64.4 Å². The van der Waals surface area contributed by atoms with Gasteiger partial charge in [-0.15, -0.1) is 0 Å². The number of hydrogen-bond acceptors (Lipinski definition) is 3. The van der Waals surface area contributed by atoms with E-state index in [1.807, 2.05) is 18.3 Å². The molecule has 3 aromatic rings. The van der Waals surface area contributed by atoms with Crippen molar-refractivity contribution < 1.29 is 0 Å². The van der Waals surface area contributed by atoms with Crippen LogP contribution in [0.2, 0.25) is 5.02 Å². The van der Waals surface area contributed by atoms with Crippen LogP contribution >= 0.6 is 23.8 Å². The van der Waals surface area contributed by atoms with Gasteiger partial charge < -0.3 is 19.7 Å². The fourth-order valence-electron chi connectivity index (χ4n) is 5.74. The van der Waals surface area contributed by atoms with Crippen LogP contribution in [-0.4, -0.2) is 27.8 Å². The minimum atomic E-state index is -0.0724.